The summed E-state index contributed by atoms with van der Waals surface area (Å²) in [5.41, 5.74) is 15.0. The van der Waals surface area contributed by atoms with Crippen LogP contribution in [0.4, 0.5) is 0 Å². The number of ether oxygens (including phenoxy) is 1. The molecule has 7 aromatic rings. The van der Waals surface area contributed by atoms with Crippen LogP contribution in [-0.2, 0) is 31.9 Å². The molecule has 0 radical (unpaired) electrons. The number of pyridine rings is 1. The van der Waals surface area contributed by atoms with Crippen LogP contribution in [0.1, 0.15) is 86.3 Å². The quantitative estimate of drug-likeness (QED) is 0.162. The van der Waals surface area contributed by atoms with Crippen LogP contribution in [0.25, 0.3) is 44.4 Å². The van der Waals surface area contributed by atoms with Crippen molar-refractivity contribution in [2.75, 3.05) is 0 Å². The molecular weight excluding hydrogens is 820 g/mol. The predicted octanol–water partition coefficient (Wildman–Crippen LogP) is 11.9. The summed E-state index contributed by atoms with van der Waals surface area (Å²) in [6.07, 6.45) is 1.85. The van der Waals surface area contributed by atoms with Crippen molar-refractivity contribution in [2.45, 2.75) is 93.9 Å². The van der Waals surface area contributed by atoms with E-state index in [1.54, 1.807) is 0 Å². The fraction of sp³-hybridized carbons (Fsp3) is 0.304. The zero-order valence-corrected chi connectivity index (χ0v) is 34.7. The standard InChI is InChI=1S/C46H48N4O.Pt/c1-27-22-23-47-40(24-27)49-38-19-14-13-18-36(38)37-21-20-35(26-39(37)49)51-34-17-15-16-33(25-34)50-44(46(10,11)12)42(43(48-50)45(7,8)9)41-31(5)29(3)28(2)30(4)32(41)6;/h13-24H,1-12H3;/q-2;+2. The number of hydrogen-bond acceptors (Lipinski definition) is 3. The van der Waals surface area contributed by atoms with Gasteiger partial charge in [0.15, 0.2) is 0 Å². The third-order valence-electron chi connectivity index (χ3n) is 10.4. The van der Waals surface area contributed by atoms with Gasteiger partial charge >= 0.3 is 21.1 Å². The molecule has 7 rings (SSSR count). The van der Waals surface area contributed by atoms with E-state index in [-0.39, 0.29) is 31.9 Å². The van der Waals surface area contributed by atoms with Crippen molar-refractivity contribution in [3.63, 3.8) is 0 Å². The van der Waals surface area contributed by atoms with Crippen molar-refractivity contribution in [3.05, 3.63) is 130 Å². The van der Waals surface area contributed by atoms with Gasteiger partial charge in [-0.2, -0.15) is 17.2 Å². The Kier molecular flexibility index (Phi) is 9.68. The average molecular weight is 868 g/mol. The minimum atomic E-state index is -0.224. The zero-order valence-electron chi connectivity index (χ0n) is 32.4. The largest absolute Gasteiger partial charge is 2.00 e. The summed E-state index contributed by atoms with van der Waals surface area (Å²) in [5, 5.41) is 7.68. The molecule has 0 N–H and O–H groups in total. The summed E-state index contributed by atoms with van der Waals surface area (Å²) in [6, 6.07) is 29.9. The summed E-state index contributed by atoms with van der Waals surface area (Å²) >= 11 is 0. The van der Waals surface area contributed by atoms with Crippen LogP contribution < -0.4 is 4.74 Å². The van der Waals surface area contributed by atoms with E-state index in [9.17, 15) is 0 Å². The summed E-state index contributed by atoms with van der Waals surface area (Å²) in [7, 11) is 0. The van der Waals surface area contributed by atoms with E-state index < -0.39 is 0 Å². The van der Waals surface area contributed by atoms with Crippen molar-refractivity contribution in [1.29, 1.82) is 0 Å². The van der Waals surface area contributed by atoms with Gasteiger partial charge in [-0.3, -0.25) is 4.68 Å². The van der Waals surface area contributed by atoms with Crippen LogP contribution in [0.15, 0.2) is 72.9 Å². The van der Waals surface area contributed by atoms with Gasteiger partial charge in [0, 0.05) is 39.6 Å². The van der Waals surface area contributed by atoms with Crippen LogP contribution in [0.2, 0.25) is 0 Å². The van der Waals surface area contributed by atoms with Crippen molar-refractivity contribution in [1.82, 2.24) is 19.3 Å². The van der Waals surface area contributed by atoms with Crippen LogP contribution in [0, 0.1) is 53.7 Å². The SMILES string of the molecule is Cc1ccnc(-n2c3[c-]c(Oc4[c-]c(-n5nc(C(C)(C)C)c(-c6c(C)c(C)c(C)c(C)c6C)c5C(C)(C)C)ccc4)ccc3c3ccccc32)c1.[Pt+2]. The maximum atomic E-state index is 6.57. The Morgan fingerprint density at radius 1 is 0.635 bits per heavy atom. The van der Waals surface area contributed by atoms with E-state index >= 15 is 0 Å². The Morgan fingerprint density at radius 2 is 1.29 bits per heavy atom. The second-order valence-corrected chi connectivity index (χ2v) is 16.1. The molecule has 4 aromatic carbocycles. The molecule has 0 fully saturated rings. The smallest absolute Gasteiger partial charge is 0.509 e. The predicted molar refractivity (Wildman–Crippen MR) is 211 cm³/mol. The van der Waals surface area contributed by atoms with E-state index in [1.165, 1.54) is 38.9 Å². The molecule has 3 aromatic heterocycles. The average Bonchev–Trinajstić information content (AvgIpc) is 3.64. The Labute approximate surface area is 323 Å². The van der Waals surface area contributed by atoms with Gasteiger partial charge in [-0.1, -0.05) is 65.3 Å². The second-order valence-electron chi connectivity index (χ2n) is 16.1. The Hall–Kier alpha value is -4.47. The van der Waals surface area contributed by atoms with Crippen LogP contribution in [0.3, 0.4) is 0 Å². The number of aryl methyl sites for hydroxylation is 1. The normalized spacial score (nSPS) is 12.1. The van der Waals surface area contributed by atoms with Gasteiger partial charge in [0.2, 0.25) is 0 Å². The number of fused-ring (bicyclic) bond motifs is 3. The third-order valence-corrected chi connectivity index (χ3v) is 10.4. The molecule has 0 aliphatic heterocycles. The molecule has 268 valence electrons. The zero-order chi connectivity index (χ0) is 36.6. The Balaban J connectivity index is 0.00000464. The first kappa shape index (κ1) is 37.3. The monoisotopic (exact) mass is 867 g/mol. The molecule has 0 bridgehead atoms. The van der Waals surface area contributed by atoms with E-state index in [2.05, 4.69) is 147 Å². The molecule has 0 unspecified atom stereocenters. The van der Waals surface area contributed by atoms with Gasteiger partial charge in [0.1, 0.15) is 5.82 Å². The number of rotatable bonds is 5. The molecule has 0 atom stereocenters. The maximum absolute atomic E-state index is 6.57. The first-order valence-corrected chi connectivity index (χ1v) is 17.9. The van der Waals surface area contributed by atoms with Crippen molar-refractivity contribution in [3.8, 4) is 34.1 Å². The molecule has 5 nitrogen and oxygen atoms in total. The fourth-order valence-electron chi connectivity index (χ4n) is 7.47. The molecular formula is C46H48N4OPt. The Bertz CT molecular complexity index is 2460. The molecule has 0 aliphatic rings. The van der Waals surface area contributed by atoms with Crippen molar-refractivity contribution < 1.29 is 25.8 Å². The van der Waals surface area contributed by atoms with Crippen molar-refractivity contribution >= 4 is 21.8 Å². The number of hydrogen-bond donors (Lipinski definition) is 0. The molecule has 0 saturated carbocycles. The molecule has 0 saturated heterocycles. The molecule has 6 heteroatoms. The number of aromatic nitrogens is 4. The first-order valence-electron chi connectivity index (χ1n) is 17.9. The first-order chi connectivity index (χ1) is 24.1. The molecule has 52 heavy (non-hydrogen) atoms. The summed E-state index contributed by atoms with van der Waals surface area (Å²) in [6.45, 7) is 27.0. The number of para-hydroxylation sites is 1. The van der Waals surface area contributed by atoms with Gasteiger partial charge in [-0.15, -0.1) is 35.7 Å². The van der Waals surface area contributed by atoms with Gasteiger partial charge in [0.05, 0.1) is 11.4 Å². The van der Waals surface area contributed by atoms with E-state index in [0.717, 1.165) is 50.3 Å². The Morgan fingerprint density at radius 3 is 1.94 bits per heavy atom. The van der Waals surface area contributed by atoms with E-state index in [4.69, 9.17) is 14.8 Å². The summed E-state index contributed by atoms with van der Waals surface area (Å²) in [5.74, 6) is 2.06. The number of nitrogens with zero attached hydrogens (tertiary/aromatic N) is 4. The fourth-order valence-corrected chi connectivity index (χ4v) is 7.47. The van der Waals surface area contributed by atoms with Gasteiger partial charge in [0.25, 0.3) is 0 Å². The number of benzene rings is 4. The third kappa shape index (κ3) is 6.32. The van der Waals surface area contributed by atoms with Gasteiger partial charge in [-0.25, -0.2) is 4.98 Å². The minimum Gasteiger partial charge on any atom is -0.509 e. The summed E-state index contributed by atoms with van der Waals surface area (Å²) in [4.78, 5) is 4.73. The van der Waals surface area contributed by atoms with E-state index in [1.807, 2.05) is 30.5 Å². The molecule has 0 amide bonds. The van der Waals surface area contributed by atoms with Crippen molar-refractivity contribution in [2.24, 2.45) is 0 Å². The second kappa shape index (κ2) is 13.5. The maximum Gasteiger partial charge on any atom is 2.00 e. The summed E-state index contributed by atoms with van der Waals surface area (Å²) < 4.78 is 10.8. The van der Waals surface area contributed by atoms with Crippen LogP contribution in [0.5, 0.6) is 11.5 Å². The van der Waals surface area contributed by atoms with Gasteiger partial charge < -0.3 is 9.30 Å². The van der Waals surface area contributed by atoms with Crippen LogP contribution >= 0.6 is 0 Å². The van der Waals surface area contributed by atoms with Crippen LogP contribution in [-0.4, -0.2) is 19.3 Å². The van der Waals surface area contributed by atoms with E-state index in [0.29, 0.717) is 11.5 Å². The molecule has 3 heterocycles. The van der Waals surface area contributed by atoms with Gasteiger partial charge in [-0.05, 0) is 110 Å². The molecule has 0 aliphatic carbocycles. The topological polar surface area (TPSA) is 44.9 Å². The minimum absolute atomic E-state index is 0. The molecule has 0 spiro atoms.